The Bertz CT molecular complexity index is 1170. The second-order valence-corrected chi connectivity index (χ2v) is 9.55. The van der Waals surface area contributed by atoms with Crippen molar-refractivity contribution in [1.82, 2.24) is 0 Å². The van der Waals surface area contributed by atoms with Crippen molar-refractivity contribution in [1.29, 1.82) is 0 Å². The van der Waals surface area contributed by atoms with E-state index in [-0.39, 0.29) is 24.2 Å². The van der Waals surface area contributed by atoms with E-state index in [1.54, 1.807) is 4.90 Å². The van der Waals surface area contributed by atoms with Crippen LogP contribution in [0.15, 0.2) is 72.8 Å². The SMILES string of the molecule is CC(C)c1ccccc1Nc1ccc(NC(=O)C2CC(=O)N(c3ccccc3C(C)C)C2)cc1. The van der Waals surface area contributed by atoms with Crippen LogP contribution in [0.5, 0.6) is 0 Å². The number of carbonyl (C=O) groups is 2. The van der Waals surface area contributed by atoms with Gasteiger partial charge in [-0.05, 0) is 59.4 Å². The van der Waals surface area contributed by atoms with E-state index in [1.807, 2.05) is 48.5 Å². The molecule has 3 aromatic rings. The molecule has 5 nitrogen and oxygen atoms in total. The minimum Gasteiger partial charge on any atom is -0.355 e. The van der Waals surface area contributed by atoms with Crippen molar-refractivity contribution in [3.63, 3.8) is 0 Å². The molecular formula is C29H33N3O2. The monoisotopic (exact) mass is 455 g/mol. The highest BCUT2D eigenvalue weighted by molar-refractivity contribution is 6.04. The van der Waals surface area contributed by atoms with Crippen molar-refractivity contribution in [2.75, 3.05) is 22.1 Å². The molecule has 0 bridgehead atoms. The number of anilines is 4. The molecule has 0 aromatic heterocycles. The van der Waals surface area contributed by atoms with Crippen LogP contribution in [0.1, 0.15) is 57.1 Å². The van der Waals surface area contributed by atoms with Crippen molar-refractivity contribution in [2.24, 2.45) is 5.92 Å². The van der Waals surface area contributed by atoms with E-state index in [0.717, 1.165) is 28.3 Å². The molecule has 2 amide bonds. The second-order valence-electron chi connectivity index (χ2n) is 9.55. The molecule has 1 atom stereocenters. The Morgan fingerprint density at radius 2 is 1.41 bits per heavy atom. The standard InChI is InChI=1S/C29H33N3O2/c1-19(2)24-9-5-7-11-26(24)30-22-13-15-23(16-14-22)31-29(34)21-17-28(33)32(18-21)27-12-8-6-10-25(27)20(3)4/h5-16,19-21,30H,17-18H2,1-4H3,(H,31,34). The number of benzene rings is 3. The fraction of sp³-hybridized carbons (Fsp3) is 0.310. The first-order chi connectivity index (χ1) is 16.3. The van der Waals surface area contributed by atoms with Crippen molar-refractivity contribution in [3.8, 4) is 0 Å². The van der Waals surface area contributed by atoms with Gasteiger partial charge in [-0.3, -0.25) is 9.59 Å². The van der Waals surface area contributed by atoms with Gasteiger partial charge in [-0.25, -0.2) is 0 Å². The average Bonchev–Trinajstić information content (AvgIpc) is 3.22. The van der Waals surface area contributed by atoms with Gasteiger partial charge in [-0.1, -0.05) is 64.1 Å². The quantitative estimate of drug-likeness (QED) is 0.418. The topological polar surface area (TPSA) is 61.4 Å². The summed E-state index contributed by atoms with van der Waals surface area (Å²) < 4.78 is 0. The predicted molar refractivity (Wildman–Crippen MR) is 140 cm³/mol. The van der Waals surface area contributed by atoms with E-state index in [9.17, 15) is 9.59 Å². The van der Waals surface area contributed by atoms with E-state index in [4.69, 9.17) is 0 Å². The van der Waals surface area contributed by atoms with Crippen molar-refractivity contribution < 1.29 is 9.59 Å². The minimum atomic E-state index is -0.372. The minimum absolute atomic E-state index is 0.00313. The molecule has 1 fully saturated rings. The summed E-state index contributed by atoms with van der Waals surface area (Å²) in [7, 11) is 0. The van der Waals surface area contributed by atoms with Gasteiger partial charge in [-0.15, -0.1) is 0 Å². The van der Waals surface area contributed by atoms with E-state index in [0.29, 0.717) is 18.4 Å². The fourth-order valence-electron chi connectivity index (χ4n) is 4.49. The van der Waals surface area contributed by atoms with Gasteiger partial charge >= 0.3 is 0 Å². The molecular weight excluding hydrogens is 422 g/mol. The maximum atomic E-state index is 12.9. The van der Waals surface area contributed by atoms with Crippen molar-refractivity contribution >= 4 is 34.6 Å². The number of hydrogen-bond donors (Lipinski definition) is 2. The second kappa shape index (κ2) is 10.1. The fourth-order valence-corrected chi connectivity index (χ4v) is 4.49. The lowest BCUT2D eigenvalue weighted by atomic mass is 10.0. The normalized spacial score (nSPS) is 15.8. The molecule has 1 heterocycles. The molecule has 5 heteroatoms. The number of para-hydroxylation sites is 2. The van der Waals surface area contributed by atoms with Crippen LogP contribution in [0.2, 0.25) is 0 Å². The van der Waals surface area contributed by atoms with Gasteiger partial charge in [0, 0.05) is 35.7 Å². The van der Waals surface area contributed by atoms with Crippen LogP contribution in [0.3, 0.4) is 0 Å². The molecule has 34 heavy (non-hydrogen) atoms. The molecule has 2 N–H and O–H groups in total. The summed E-state index contributed by atoms with van der Waals surface area (Å²) in [5.41, 5.74) is 6.06. The smallest absolute Gasteiger partial charge is 0.229 e. The summed E-state index contributed by atoms with van der Waals surface area (Å²) in [5, 5.41) is 6.46. The molecule has 0 spiro atoms. The van der Waals surface area contributed by atoms with E-state index in [2.05, 4.69) is 62.6 Å². The summed E-state index contributed by atoms with van der Waals surface area (Å²) in [6.45, 7) is 8.98. The molecule has 0 saturated carbocycles. The zero-order chi connectivity index (χ0) is 24.2. The summed E-state index contributed by atoms with van der Waals surface area (Å²) in [6.07, 6.45) is 0.226. The summed E-state index contributed by atoms with van der Waals surface area (Å²) >= 11 is 0. The van der Waals surface area contributed by atoms with Crippen molar-refractivity contribution in [2.45, 2.75) is 46.0 Å². The van der Waals surface area contributed by atoms with Gasteiger partial charge in [0.15, 0.2) is 0 Å². The molecule has 176 valence electrons. The highest BCUT2D eigenvalue weighted by Gasteiger charge is 2.36. The number of amides is 2. The molecule has 1 saturated heterocycles. The Labute approximate surface area is 202 Å². The van der Waals surface area contributed by atoms with E-state index >= 15 is 0 Å². The molecule has 1 aliphatic heterocycles. The highest BCUT2D eigenvalue weighted by Crippen LogP contribution is 2.33. The van der Waals surface area contributed by atoms with Crippen molar-refractivity contribution in [3.05, 3.63) is 83.9 Å². The van der Waals surface area contributed by atoms with Gasteiger partial charge < -0.3 is 15.5 Å². The Hall–Kier alpha value is -3.60. The summed E-state index contributed by atoms with van der Waals surface area (Å²) in [6, 6.07) is 23.9. The molecule has 1 unspecified atom stereocenters. The van der Waals surface area contributed by atoms with E-state index in [1.165, 1.54) is 5.56 Å². The first-order valence-corrected chi connectivity index (χ1v) is 12.0. The number of hydrogen-bond acceptors (Lipinski definition) is 3. The summed E-state index contributed by atoms with van der Waals surface area (Å²) in [4.78, 5) is 27.5. The number of rotatable bonds is 7. The third-order valence-corrected chi connectivity index (χ3v) is 6.36. The summed E-state index contributed by atoms with van der Waals surface area (Å²) in [5.74, 6) is 0.226. The molecule has 4 rings (SSSR count). The largest absolute Gasteiger partial charge is 0.355 e. The first kappa shape index (κ1) is 23.6. The third-order valence-electron chi connectivity index (χ3n) is 6.36. The molecule has 0 aliphatic carbocycles. The average molecular weight is 456 g/mol. The lowest BCUT2D eigenvalue weighted by molar-refractivity contribution is -0.122. The highest BCUT2D eigenvalue weighted by atomic mass is 16.2. The van der Waals surface area contributed by atoms with Gasteiger partial charge in [0.25, 0.3) is 0 Å². The molecule has 3 aromatic carbocycles. The van der Waals surface area contributed by atoms with Crippen LogP contribution in [-0.2, 0) is 9.59 Å². The van der Waals surface area contributed by atoms with Gasteiger partial charge in [0.1, 0.15) is 0 Å². The van der Waals surface area contributed by atoms with Gasteiger partial charge in [0.2, 0.25) is 11.8 Å². The Morgan fingerprint density at radius 3 is 2.09 bits per heavy atom. The van der Waals surface area contributed by atoms with Gasteiger partial charge in [-0.2, -0.15) is 0 Å². The first-order valence-electron chi connectivity index (χ1n) is 12.0. The van der Waals surface area contributed by atoms with Crippen LogP contribution in [-0.4, -0.2) is 18.4 Å². The lowest BCUT2D eigenvalue weighted by Crippen LogP contribution is -2.28. The van der Waals surface area contributed by atoms with Crippen LogP contribution in [0, 0.1) is 5.92 Å². The third kappa shape index (κ3) is 5.14. The zero-order valence-electron chi connectivity index (χ0n) is 20.3. The Kier molecular flexibility index (Phi) is 7.01. The van der Waals surface area contributed by atoms with Crippen LogP contribution < -0.4 is 15.5 Å². The Balaban J connectivity index is 1.41. The van der Waals surface area contributed by atoms with Crippen LogP contribution in [0.25, 0.3) is 0 Å². The molecule has 1 aliphatic rings. The van der Waals surface area contributed by atoms with E-state index < -0.39 is 0 Å². The molecule has 0 radical (unpaired) electrons. The van der Waals surface area contributed by atoms with Crippen LogP contribution in [0.4, 0.5) is 22.7 Å². The maximum absolute atomic E-state index is 12.9. The Morgan fingerprint density at radius 1 is 0.824 bits per heavy atom. The predicted octanol–water partition coefficient (Wildman–Crippen LogP) is 6.67. The maximum Gasteiger partial charge on any atom is 0.229 e. The lowest BCUT2D eigenvalue weighted by Gasteiger charge is -2.22. The van der Waals surface area contributed by atoms with Gasteiger partial charge in [0.05, 0.1) is 5.92 Å². The van der Waals surface area contributed by atoms with Crippen LogP contribution >= 0.6 is 0 Å². The zero-order valence-corrected chi connectivity index (χ0v) is 20.3. The number of carbonyl (C=O) groups excluding carboxylic acids is 2. The number of nitrogens with zero attached hydrogens (tertiary/aromatic N) is 1. The number of nitrogens with one attached hydrogen (secondary N) is 2.